The molecule has 1 aliphatic rings. The Morgan fingerprint density at radius 1 is 1.12 bits per heavy atom. The Balaban J connectivity index is 1.71. The predicted octanol–water partition coefficient (Wildman–Crippen LogP) is 3.31. The molecule has 0 bridgehead atoms. The summed E-state index contributed by atoms with van der Waals surface area (Å²) in [4.78, 5) is 2.02. The minimum atomic E-state index is -3.41. The monoisotopic (exact) mass is 394 g/mol. The van der Waals surface area contributed by atoms with Crippen molar-refractivity contribution in [3.05, 3.63) is 64.7 Å². The van der Waals surface area contributed by atoms with Crippen molar-refractivity contribution in [2.45, 2.75) is 11.9 Å². The Labute approximate surface area is 160 Å². The lowest BCUT2D eigenvalue weighted by Crippen LogP contribution is -2.42. The fourth-order valence-corrected chi connectivity index (χ4v) is 4.59. The third kappa shape index (κ3) is 4.57. The Morgan fingerprint density at radius 3 is 2.38 bits per heavy atom. The van der Waals surface area contributed by atoms with E-state index in [0.29, 0.717) is 24.7 Å². The summed E-state index contributed by atoms with van der Waals surface area (Å²) in [5, 5.41) is 0.596. The molecule has 7 heteroatoms. The fourth-order valence-electron chi connectivity index (χ4n) is 2.95. The Morgan fingerprint density at radius 2 is 1.77 bits per heavy atom. The van der Waals surface area contributed by atoms with Crippen LogP contribution in [0.1, 0.15) is 17.2 Å². The van der Waals surface area contributed by atoms with Gasteiger partial charge in [0.1, 0.15) is 0 Å². The summed E-state index contributed by atoms with van der Waals surface area (Å²) in [7, 11) is 0.557. The predicted molar refractivity (Wildman–Crippen MR) is 105 cm³/mol. The standard InChI is InChI=1S/C19H23ClN2O3S/c1-21(2)18-9-5-16(6-10-18)19-13-22(11-12-25-19)26(23,24)14-15-3-7-17(20)8-4-15/h3-10,19H,11-14H2,1-2H3. The van der Waals surface area contributed by atoms with Gasteiger partial charge in [-0.05, 0) is 35.4 Å². The molecule has 1 unspecified atom stereocenters. The molecule has 0 N–H and O–H groups in total. The maximum Gasteiger partial charge on any atom is 0.218 e. The first-order valence-corrected chi connectivity index (χ1v) is 10.4. The molecule has 2 aromatic rings. The average molecular weight is 395 g/mol. The quantitative estimate of drug-likeness (QED) is 0.780. The Kier molecular flexibility index (Phi) is 5.87. The van der Waals surface area contributed by atoms with Gasteiger partial charge in [-0.25, -0.2) is 8.42 Å². The van der Waals surface area contributed by atoms with Gasteiger partial charge in [0, 0.05) is 37.9 Å². The second kappa shape index (κ2) is 7.96. The number of rotatable bonds is 5. The molecule has 140 valence electrons. The van der Waals surface area contributed by atoms with Crippen LogP contribution in [-0.4, -0.2) is 46.5 Å². The third-order valence-corrected chi connectivity index (χ3v) is 6.53. The van der Waals surface area contributed by atoms with E-state index in [-0.39, 0.29) is 11.9 Å². The molecule has 1 atom stereocenters. The van der Waals surface area contributed by atoms with Crippen molar-refractivity contribution in [3.8, 4) is 0 Å². The largest absolute Gasteiger partial charge is 0.378 e. The number of hydrogen-bond acceptors (Lipinski definition) is 4. The lowest BCUT2D eigenvalue weighted by Gasteiger charge is -2.32. The van der Waals surface area contributed by atoms with E-state index in [1.54, 1.807) is 24.3 Å². The Hall–Kier alpha value is -1.60. The van der Waals surface area contributed by atoms with Gasteiger partial charge in [-0.1, -0.05) is 35.9 Å². The zero-order chi connectivity index (χ0) is 18.7. The Bertz CT molecular complexity index is 836. The van der Waals surface area contributed by atoms with Gasteiger partial charge in [-0.15, -0.1) is 0 Å². The van der Waals surface area contributed by atoms with Gasteiger partial charge in [0.05, 0.1) is 18.5 Å². The van der Waals surface area contributed by atoms with Gasteiger partial charge < -0.3 is 9.64 Å². The van der Waals surface area contributed by atoms with Gasteiger partial charge in [-0.2, -0.15) is 4.31 Å². The van der Waals surface area contributed by atoms with Crippen LogP contribution in [0, 0.1) is 0 Å². The molecule has 1 saturated heterocycles. The lowest BCUT2D eigenvalue weighted by molar-refractivity contribution is -0.00259. The van der Waals surface area contributed by atoms with Crippen LogP contribution in [0.3, 0.4) is 0 Å². The van der Waals surface area contributed by atoms with Crippen LogP contribution < -0.4 is 4.90 Å². The molecule has 1 heterocycles. The zero-order valence-electron chi connectivity index (χ0n) is 14.9. The molecule has 0 radical (unpaired) electrons. The second-order valence-electron chi connectivity index (χ2n) is 6.59. The van der Waals surface area contributed by atoms with Gasteiger partial charge >= 0.3 is 0 Å². The summed E-state index contributed by atoms with van der Waals surface area (Å²) in [5.74, 6) is -0.0313. The number of hydrogen-bond donors (Lipinski definition) is 0. The fraction of sp³-hybridized carbons (Fsp3) is 0.368. The summed E-state index contributed by atoms with van der Waals surface area (Å²) in [6.07, 6.45) is -0.250. The van der Waals surface area contributed by atoms with Crippen molar-refractivity contribution in [3.63, 3.8) is 0 Å². The molecule has 0 aromatic heterocycles. The highest BCUT2D eigenvalue weighted by Crippen LogP contribution is 2.26. The molecular weight excluding hydrogens is 372 g/mol. The van der Waals surface area contributed by atoms with Crippen molar-refractivity contribution < 1.29 is 13.2 Å². The van der Waals surface area contributed by atoms with Crippen molar-refractivity contribution in [2.75, 3.05) is 38.7 Å². The van der Waals surface area contributed by atoms with Crippen molar-refractivity contribution >= 4 is 27.3 Å². The van der Waals surface area contributed by atoms with Gasteiger partial charge in [-0.3, -0.25) is 0 Å². The zero-order valence-corrected chi connectivity index (χ0v) is 16.5. The number of morpholine rings is 1. The van der Waals surface area contributed by atoms with E-state index in [1.165, 1.54) is 4.31 Å². The maximum atomic E-state index is 12.8. The van der Waals surface area contributed by atoms with Crippen molar-refractivity contribution in [2.24, 2.45) is 0 Å². The second-order valence-corrected chi connectivity index (χ2v) is 8.99. The maximum absolute atomic E-state index is 12.8. The highest BCUT2D eigenvalue weighted by molar-refractivity contribution is 7.88. The molecule has 26 heavy (non-hydrogen) atoms. The summed E-state index contributed by atoms with van der Waals surface area (Å²) >= 11 is 5.87. The minimum absolute atomic E-state index is 0.0313. The third-order valence-electron chi connectivity index (χ3n) is 4.47. The minimum Gasteiger partial charge on any atom is -0.378 e. The number of ether oxygens (including phenoxy) is 1. The van der Waals surface area contributed by atoms with E-state index in [0.717, 1.165) is 16.8 Å². The summed E-state index contributed by atoms with van der Waals surface area (Å²) < 4.78 is 32.9. The number of sulfonamides is 1. The van der Waals surface area contributed by atoms with E-state index in [9.17, 15) is 8.42 Å². The van der Waals surface area contributed by atoms with Crippen LogP contribution in [0.15, 0.2) is 48.5 Å². The van der Waals surface area contributed by atoms with Gasteiger partial charge in [0.25, 0.3) is 0 Å². The number of halogens is 1. The smallest absolute Gasteiger partial charge is 0.218 e. The molecule has 1 fully saturated rings. The molecular formula is C19H23ClN2O3S. The van der Waals surface area contributed by atoms with E-state index < -0.39 is 10.0 Å². The number of nitrogens with zero attached hydrogens (tertiary/aromatic N) is 2. The summed E-state index contributed by atoms with van der Waals surface area (Å²) in [6.45, 7) is 1.10. The summed E-state index contributed by atoms with van der Waals surface area (Å²) in [6, 6.07) is 14.9. The van der Waals surface area contributed by atoms with Gasteiger partial charge in [0.2, 0.25) is 10.0 Å². The van der Waals surface area contributed by atoms with E-state index in [1.807, 2.05) is 43.3 Å². The SMILES string of the molecule is CN(C)c1ccc(C2CN(S(=O)(=O)Cc3ccc(Cl)cc3)CCO2)cc1. The first-order chi connectivity index (χ1) is 12.3. The normalized spacial score (nSPS) is 18.7. The molecule has 2 aromatic carbocycles. The van der Waals surface area contributed by atoms with Crippen LogP contribution in [-0.2, 0) is 20.5 Å². The van der Waals surface area contributed by atoms with E-state index in [2.05, 4.69) is 0 Å². The van der Waals surface area contributed by atoms with Crippen LogP contribution in [0.4, 0.5) is 5.69 Å². The molecule has 0 aliphatic carbocycles. The number of benzene rings is 2. The molecule has 5 nitrogen and oxygen atoms in total. The first kappa shape index (κ1) is 19.2. The molecule has 1 aliphatic heterocycles. The van der Waals surface area contributed by atoms with Crippen molar-refractivity contribution in [1.29, 1.82) is 0 Å². The van der Waals surface area contributed by atoms with E-state index >= 15 is 0 Å². The highest BCUT2D eigenvalue weighted by Gasteiger charge is 2.30. The van der Waals surface area contributed by atoms with Crippen LogP contribution >= 0.6 is 11.6 Å². The lowest BCUT2D eigenvalue weighted by atomic mass is 10.1. The molecule has 0 spiro atoms. The summed E-state index contributed by atoms with van der Waals surface area (Å²) in [5.41, 5.74) is 2.81. The number of anilines is 1. The average Bonchev–Trinajstić information content (AvgIpc) is 2.64. The van der Waals surface area contributed by atoms with Crippen LogP contribution in [0.25, 0.3) is 0 Å². The van der Waals surface area contributed by atoms with Crippen molar-refractivity contribution in [1.82, 2.24) is 4.31 Å². The molecule has 0 amide bonds. The van der Waals surface area contributed by atoms with Crippen LogP contribution in [0.5, 0.6) is 0 Å². The van der Waals surface area contributed by atoms with Crippen LogP contribution in [0.2, 0.25) is 5.02 Å². The van der Waals surface area contributed by atoms with Gasteiger partial charge in [0.15, 0.2) is 0 Å². The molecule has 0 saturated carbocycles. The molecule has 3 rings (SSSR count). The first-order valence-electron chi connectivity index (χ1n) is 8.46. The highest BCUT2D eigenvalue weighted by atomic mass is 35.5. The topological polar surface area (TPSA) is 49.9 Å². The van der Waals surface area contributed by atoms with E-state index in [4.69, 9.17) is 16.3 Å².